The first-order valence-electron chi connectivity index (χ1n) is 16.7. The molecule has 1 aromatic carbocycles. The number of halogens is 4. The summed E-state index contributed by atoms with van der Waals surface area (Å²) < 4.78 is 53.9. The highest BCUT2D eigenvalue weighted by molar-refractivity contribution is 7.15. The first-order valence-corrected chi connectivity index (χ1v) is 17.9. The number of carbonyl (C=O) groups is 2. The molecule has 51 heavy (non-hydrogen) atoms. The minimum absolute atomic E-state index is 0.00538. The van der Waals surface area contributed by atoms with Crippen LogP contribution in [0.15, 0.2) is 29.1 Å². The highest BCUT2D eigenvalue weighted by Gasteiger charge is 2.49. The molecule has 0 atom stereocenters. The van der Waals surface area contributed by atoms with Gasteiger partial charge in [-0.15, -0.1) is 16.4 Å². The van der Waals surface area contributed by atoms with Crippen LogP contribution < -0.4 is 15.8 Å². The van der Waals surface area contributed by atoms with Gasteiger partial charge in [0.15, 0.2) is 5.82 Å². The standard InChI is InChI=1S/C34H37ClF3N7O5S/c1-5-23-26(42-10-12-43(13-11-42)31(48)50-32(2,3)4)29(47)45-30(40-28(41-45)24-14-19-17-49-18-33(8-9-33)27(19)51-24)44(23)16-25(46)39-22-7-6-20(15-21(22)35)34(36,37)38/h6-7,14-15H,5,8-13,16-18H2,1-4H3,(H,39,46). The Morgan fingerprint density at radius 3 is 2.47 bits per heavy atom. The second-order valence-corrected chi connectivity index (χ2v) is 15.6. The molecule has 3 aliphatic rings. The maximum atomic E-state index is 14.3. The number of carbonyl (C=O) groups excluding carboxylic acids is 2. The number of thiophene rings is 1. The van der Waals surface area contributed by atoms with Crippen LogP contribution in [0.1, 0.15) is 62.2 Å². The molecule has 7 rings (SSSR count). The number of aromatic nitrogens is 4. The Morgan fingerprint density at radius 1 is 1.12 bits per heavy atom. The molecule has 2 aliphatic heterocycles. The van der Waals surface area contributed by atoms with E-state index in [1.54, 1.807) is 41.6 Å². The maximum absolute atomic E-state index is 14.3. The van der Waals surface area contributed by atoms with Crippen molar-refractivity contribution in [1.82, 2.24) is 24.1 Å². The minimum Gasteiger partial charge on any atom is -0.444 e. The third-order valence-corrected chi connectivity index (χ3v) is 11.0. The van der Waals surface area contributed by atoms with E-state index in [1.807, 2.05) is 17.9 Å². The highest BCUT2D eigenvalue weighted by atomic mass is 35.5. The van der Waals surface area contributed by atoms with Gasteiger partial charge in [-0.2, -0.15) is 22.7 Å². The fourth-order valence-corrected chi connectivity index (χ4v) is 8.19. The van der Waals surface area contributed by atoms with Gasteiger partial charge >= 0.3 is 12.3 Å². The van der Waals surface area contributed by atoms with Crippen molar-refractivity contribution < 1.29 is 32.2 Å². The summed E-state index contributed by atoms with van der Waals surface area (Å²) in [6.45, 7) is 9.30. The van der Waals surface area contributed by atoms with E-state index < -0.39 is 34.9 Å². The number of alkyl halides is 3. The van der Waals surface area contributed by atoms with Crippen molar-refractivity contribution in [3.05, 3.63) is 61.3 Å². The molecular formula is C34H37ClF3N7O5S. The molecule has 17 heteroatoms. The van der Waals surface area contributed by atoms with Crippen LogP contribution in [0.3, 0.4) is 0 Å². The van der Waals surface area contributed by atoms with E-state index >= 15 is 0 Å². The molecule has 12 nitrogen and oxygen atoms in total. The molecule has 2 fully saturated rings. The molecule has 4 aromatic rings. The van der Waals surface area contributed by atoms with Gasteiger partial charge in [0.25, 0.3) is 5.56 Å². The van der Waals surface area contributed by atoms with Gasteiger partial charge in [0.2, 0.25) is 11.7 Å². The number of ether oxygens (including phenoxy) is 2. The van der Waals surface area contributed by atoms with Gasteiger partial charge in [0, 0.05) is 36.5 Å². The lowest BCUT2D eigenvalue weighted by Gasteiger charge is -2.37. The minimum atomic E-state index is -4.60. The zero-order valence-corrected chi connectivity index (χ0v) is 30.1. The first kappa shape index (κ1) is 35.3. The van der Waals surface area contributed by atoms with Gasteiger partial charge < -0.3 is 29.2 Å². The zero-order valence-electron chi connectivity index (χ0n) is 28.5. The van der Waals surface area contributed by atoms with Crippen LogP contribution in [-0.2, 0) is 45.4 Å². The molecule has 1 spiro atoms. The molecule has 5 heterocycles. The molecular weight excluding hydrogens is 711 g/mol. The lowest BCUT2D eigenvalue weighted by atomic mass is 10.0. The van der Waals surface area contributed by atoms with E-state index in [-0.39, 0.29) is 28.4 Å². The summed E-state index contributed by atoms with van der Waals surface area (Å²) in [4.78, 5) is 51.0. The Labute approximate surface area is 300 Å². The van der Waals surface area contributed by atoms with Crippen LogP contribution in [0, 0.1) is 0 Å². The second kappa shape index (κ2) is 12.8. The van der Waals surface area contributed by atoms with Crippen molar-refractivity contribution in [2.75, 3.05) is 43.0 Å². The molecule has 3 aromatic heterocycles. The number of benzene rings is 1. The van der Waals surface area contributed by atoms with Crippen LogP contribution in [0.5, 0.6) is 0 Å². The van der Waals surface area contributed by atoms with E-state index in [2.05, 4.69) is 10.4 Å². The summed E-state index contributed by atoms with van der Waals surface area (Å²) in [5, 5.41) is 7.02. The summed E-state index contributed by atoms with van der Waals surface area (Å²) in [5.41, 5.74) is -0.0694. The van der Waals surface area contributed by atoms with E-state index in [0.29, 0.717) is 63.0 Å². The number of nitrogens with zero attached hydrogens (tertiary/aromatic N) is 6. The third-order valence-electron chi connectivity index (χ3n) is 9.28. The van der Waals surface area contributed by atoms with E-state index in [4.69, 9.17) is 26.1 Å². The fourth-order valence-electron chi connectivity index (χ4n) is 6.64. The monoisotopic (exact) mass is 747 g/mol. The number of hydrogen-bond acceptors (Lipinski definition) is 9. The number of hydrogen-bond donors (Lipinski definition) is 1. The van der Waals surface area contributed by atoms with Crippen molar-refractivity contribution in [2.24, 2.45) is 0 Å². The van der Waals surface area contributed by atoms with Crippen molar-refractivity contribution >= 4 is 52.1 Å². The first-order chi connectivity index (χ1) is 24.1. The average molecular weight is 748 g/mol. The molecule has 1 saturated carbocycles. The predicted octanol–water partition coefficient (Wildman–Crippen LogP) is 6.11. The molecule has 2 amide bonds. The largest absolute Gasteiger partial charge is 0.444 e. The number of piperazine rings is 1. The maximum Gasteiger partial charge on any atom is 0.416 e. The Hall–Kier alpha value is -4.15. The quantitative estimate of drug-likeness (QED) is 0.251. The van der Waals surface area contributed by atoms with Gasteiger partial charge in [0.1, 0.15) is 17.8 Å². The molecule has 1 aliphatic carbocycles. The summed E-state index contributed by atoms with van der Waals surface area (Å²) >= 11 is 7.74. The number of anilines is 2. The molecule has 0 unspecified atom stereocenters. The summed E-state index contributed by atoms with van der Waals surface area (Å²) in [6.07, 6.45) is -2.62. The van der Waals surface area contributed by atoms with Crippen LogP contribution >= 0.6 is 22.9 Å². The number of nitrogens with one attached hydrogen (secondary N) is 1. The Balaban J connectivity index is 1.26. The van der Waals surface area contributed by atoms with Crippen molar-refractivity contribution in [3.8, 4) is 10.7 Å². The average Bonchev–Trinajstić information content (AvgIpc) is 3.46. The molecule has 0 bridgehead atoms. The number of amides is 2. The third kappa shape index (κ3) is 6.80. The number of rotatable bonds is 6. The molecule has 0 radical (unpaired) electrons. The lowest BCUT2D eigenvalue weighted by Crippen LogP contribution is -2.51. The Kier molecular flexibility index (Phi) is 8.86. The molecule has 1 saturated heterocycles. The summed E-state index contributed by atoms with van der Waals surface area (Å²) in [5.74, 6) is -0.127. The zero-order chi connectivity index (χ0) is 36.5. The van der Waals surface area contributed by atoms with Crippen molar-refractivity contribution in [2.45, 2.75) is 77.3 Å². The summed E-state index contributed by atoms with van der Waals surface area (Å²) in [6, 6.07) is 4.70. The molecule has 272 valence electrons. The predicted molar refractivity (Wildman–Crippen MR) is 186 cm³/mol. The van der Waals surface area contributed by atoms with Crippen molar-refractivity contribution in [1.29, 1.82) is 0 Å². The van der Waals surface area contributed by atoms with E-state index in [1.165, 1.54) is 9.39 Å². The topological polar surface area (TPSA) is 123 Å². The van der Waals surface area contributed by atoms with Gasteiger partial charge in [-0.1, -0.05) is 18.5 Å². The highest BCUT2D eigenvalue weighted by Crippen LogP contribution is 2.55. The normalized spacial score (nSPS) is 17.2. The van der Waals surface area contributed by atoms with E-state index in [0.717, 1.165) is 41.5 Å². The van der Waals surface area contributed by atoms with E-state index in [9.17, 15) is 27.6 Å². The second-order valence-electron chi connectivity index (χ2n) is 14.1. The Morgan fingerprint density at radius 2 is 1.84 bits per heavy atom. The van der Waals surface area contributed by atoms with Gasteiger partial charge in [-0.05, 0) is 69.9 Å². The van der Waals surface area contributed by atoms with Gasteiger partial charge in [-0.25, -0.2) is 4.79 Å². The Bertz CT molecular complexity index is 2090. The van der Waals surface area contributed by atoms with Crippen molar-refractivity contribution in [3.63, 3.8) is 0 Å². The van der Waals surface area contributed by atoms with Gasteiger partial charge in [0.05, 0.1) is 40.1 Å². The lowest BCUT2D eigenvalue weighted by molar-refractivity contribution is -0.137. The van der Waals surface area contributed by atoms with Gasteiger partial charge in [-0.3, -0.25) is 9.59 Å². The van der Waals surface area contributed by atoms with Crippen LogP contribution in [0.2, 0.25) is 5.02 Å². The van der Waals surface area contributed by atoms with Crippen LogP contribution in [0.25, 0.3) is 16.5 Å². The molecule has 1 N–H and O–H groups in total. The smallest absolute Gasteiger partial charge is 0.416 e. The fraction of sp³-hybridized carbons (Fsp3) is 0.500. The van der Waals surface area contributed by atoms with Crippen LogP contribution in [-0.4, -0.2) is 74.5 Å². The SMILES string of the molecule is CCc1c(N2CCN(C(=O)OC(C)(C)C)CC2)c(=O)n2nc(-c3cc4c(s3)C3(CC3)COC4)nc2n1CC(=O)Nc1ccc(C(F)(F)F)cc1Cl. The number of fused-ring (bicyclic) bond motifs is 3. The van der Waals surface area contributed by atoms with Crippen LogP contribution in [0.4, 0.5) is 29.3 Å². The summed E-state index contributed by atoms with van der Waals surface area (Å²) in [7, 11) is 0.